The topological polar surface area (TPSA) is 96.0 Å². The van der Waals surface area contributed by atoms with Crippen molar-refractivity contribution in [1.82, 2.24) is 0 Å². The Kier molecular flexibility index (Phi) is 4.16. The van der Waals surface area contributed by atoms with Crippen LogP contribution in [0.5, 0.6) is 0 Å². The number of nitro groups is 1. The standard InChI is InChI=1S/C14H8ClN3O3/c15-10-3-6-13(18(20)21)12(7-10)14(19)17-11-4-1-9(8-16)2-5-11/h1-7H,(H,17,19). The molecule has 104 valence electrons. The first kappa shape index (κ1) is 14.5. The third-order valence-corrected chi connectivity index (χ3v) is 2.91. The summed E-state index contributed by atoms with van der Waals surface area (Å²) < 4.78 is 0. The van der Waals surface area contributed by atoms with E-state index < -0.39 is 10.8 Å². The van der Waals surface area contributed by atoms with Crippen LogP contribution in [0.1, 0.15) is 15.9 Å². The maximum absolute atomic E-state index is 12.1. The van der Waals surface area contributed by atoms with Gasteiger partial charge in [0.25, 0.3) is 11.6 Å². The number of carbonyl (C=O) groups is 1. The van der Waals surface area contributed by atoms with Gasteiger partial charge in [0.1, 0.15) is 5.56 Å². The predicted molar refractivity (Wildman–Crippen MR) is 77.2 cm³/mol. The van der Waals surface area contributed by atoms with Gasteiger partial charge >= 0.3 is 0 Å². The Morgan fingerprint density at radius 1 is 1.24 bits per heavy atom. The van der Waals surface area contributed by atoms with E-state index in [1.165, 1.54) is 42.5 Å². The SMILES string of the molecule is N#Cc1ccc(NC(=O)c2cc(Cl)ccc2[N+](=O)[O-])cc1. The maximum atomic E-state index is 12.1. The molecule has 0 bridgehead atoms. The number of benzene rings is 2. The lowest BCUT2D eigenvalue weighted by molar-refractivity contribution is -0.385. The molecule has 0 aliphatic heterocycles. The molecule has 1 N–H and O–H groups in total. The molecule has 2 aromatic carbocycles. The number of nitrogens with zero attached hydrogens (tertiary/aromatic N) is 2. The van der Waals surface area contributed by atoms with Gasteiger partial charge in [0.05, 0.1) is 16.6 Å². The second-order valence-electron chi connectivity index (χ2n) is 4.06. The second kappa shape index (κ2) is 6.03. The average Bonchev–Trinajstić information content (AvgIpc) is 2.47. The molecule has 21 heavy (non-hydrogen) atoms. The summed E-state index contributed by atoms with van der Waals surface area (Å²) in [5.74, 6) is -0.645. The van der Waals surface area contributed by atoms with E-state index in [-0.39, 0.29) is 16.3 Å². The Labute approximate surface area is 124 Å². The minimum absolute atomic E-state index is 0.128. The quantitative estimate of drug-likeness (QED) is 0.694. The van der Waals surface area contributed by atoms with Crippen LogP contribution in [0.3, 0.4) is 0 Å². The van der Waals surface area contributed by atoms with Crippen molar-refractivity contribution in [3.05, 3.63) is 68.7 Å². The maximum Gasteiger partial charge on any atom is 0.282 e. The number of hydrogen-bond donors (Lipinski definition) is 1. The molecule has 0 heterocycles. The van der Waals surface area contributed by atoms with Gasteiger partial charge in [-0.05, 0) is 36.4 Å². The predicted octanol–water partition coefficient (Wildman–Crippen LogP) is 3.37. The first-order valence-electron chi connectivity index (χ1n) is 5.76. The normalized spacial score (nSPS) is 9.71. The molecule has 2 rings (SSSR count). The highest BCUT2D eigenvalue weighted by Crippen LogP contribution is 2.23. The van der Waals surface area contributed by atoms with E-state index in [4.69, 9.17) is 16.9 Å². The van der Waals surface area contributed by atoms with E-state index in [2.05, 4.69) is 5.32 Å². The highest BCUT2D eigenvalue weighted by atomic mass is 35.5. The molecule has 0 aromatic heterocycles. The van der Waals surface area contributed by atoms with Crippen LogP contribution in [0.15, 0.2) is 42.5 Å². The Bertz CT molecular complexity index is 751. The lowest BCUT2D eigenvalue weighted by atomic mass is 10.1. The van der Waals surface area contributed by atoms with Crippen LogP contribution < -0.4 is 5.32 Å². The summed E-state index contributed by atoms with van der Waals surface area (Å²) in [5, 5.41) is 22.4. The summed E-state index contributed by atoms with van der Waals surface area (Å²) in [6.45, 7) is 0. The molecule has 2 aromatic rings. The molecule has 6 nitrogen and oxygen atoms in total. The number of carbonyl (C=O) groups excluding carboxylic acids is 1. The van der Waals surface area contributed by atoms with E-state index in [0.717, 1.165) is 0 Å². The van der Waals surface area contributed by atoms with Crippen molar-refractivity contribution in [2.24, 2.45) is 0 Å². The monoisotopic (exact) mass is 301 g/mol. The average molecular weight is 302 g/mol. The molecule has 0 saturated heterocycles. The fourth-order valence-corrected chi connectivity index (χ4v) is 1.85. The largest absolute Gasteiger partial charge is 0.322 e. The summed E-state index contributed by atoms with van der Waals surface area (Å²) in [6.07, 6.45) is 0. The molecule has 0 fully saturated rings. The van der Waals surface area contributed by atoms with Gasteiger partial charge in [0.15, 0.2) is 0 Å². The lowest BCUT2D eigenvalue weighted by Gasteiger charge is -2.06. The van der Waals surface area contributed by atoms with E-state index in [9.17, 15) is 14.9 Å². The van der Waals surface area contributed by atoms with Crippen LogP contribution >= 0.6 is 11.6 Å². The molecular formula is C14H8ClN3O3. The van der Waals surface area contributed by atoms with Gasteiger partial charge in [-0.1, -0.05) is 11.6 Å². The van der Waals surface area contributed by atoms with Gasteiger partial charge in [0, 0.05) is 16.8 Å². The van der Waals surface area contributed by atoms with Crippen LogP contribution in [-0.4, -0.2) is 10.8 Å². The number of nitrogens with one attached hydrogen (secondary N) is 1. The molecular weight excluding hydrogens is 294 g/mol. The van der Waals surface area contributed by atoms with Gasteiger partial charge in [-0.25, -0.2) is 0 Å². The molecule has 0 aliphatic rings. The first-order valence-corrected chi connectivity index (χ1v) is 6.14. The number of nitro benzene ring substituents is 1. The van der Waals surface area contributed by atoms with E-state index in [1.54, 1.807) is 0 Å². The Morgan fingerprint density at radius 2 is 1.90 bits per heavy atom. The van der Waals surface area contributed by atoms with Crippen LogP contribution in [-0.2, 0) is 0 Å². The summed E-state index contributed by atoms with van der Waals surface area (Å²) in [4.78, 5) is 22.4. The van der Waals surface area contributed by atoms with Gasteiger partial charge in [0.2, 0.25) is 0 Å². The Hall–Kier alpha value is -2.91. The molecule has 0 spiro atoms. The third kappa shape index (κ3) is 3.35. The Balaban J connectivity index is 2.29. The first-order chi connectivity index (χ1) is 10.0. The zero-order valence-corrected chi connectivity index (χ0v) is 11.3. The second-order valence-corrected chi connectivity index (χ2v) is 4.50. The summed E-state index contributed by atoms with van der Waals surface area (Å²) in [7, 11) is 0. The highest BCUT2D eigenvalue weighted by Gasteiger charge is 2.20. The number of halogens is 1. The zero-order chi connectivity index (χ0) is 15.4. The minimum atomic E-state index is -0.649. The van der Waals surface area contributed by atoms with Crippen LogP contribution in [0.25, 0.3) is 0 Å². The molecule has 0 aliphatic carbocycles. The van der Waals surface area contributed by atoms with Crippen LogP contribution in [0.2, 0.25) is 5.02 Å². The summed E-state index contributed by atoms with van der Waals surface area (Å²) >= 11 is 5.77. The molecule has 0 saturated carbocycles. The van der Waals surface area contributed by atoms with Gasteiger partial charge in [-0.3, -0.25) is 14.9 Å². The number of rotatable bonds is 3. The molecule has 0 radical (unpaired) electrons. The Morgan fingerprint density at radius 3 is 2.48 bits per heavy atom. The minimum Gasteiger partial charge on any atom is -0.322 e. The van der Waals surface area contributed by atoms with E-state index in [0.29, 0.717) is 11.3 Å². The van der Waals surface area contributed by atoms with Gasteiger partial charge < -0.3 is 5.32 Å². The molecule has 0 atom stereocenters. The number of hydrogen-bond acceptors (Lipinski definition) is 4. The summed E-state index contributed by atoms with van der Waals surface area (Å²) in [5.41, 5.74) is 0.414. The lowest BCUT2D eigenvalue weighted by Crippen LogP contribution is -2.14. The van der Waals surface area contributed by atoms with Crippen molar-refractivity contribution in [2.75, 3.05) is 5.32 Å². The molecule has 0 unspecified atom stereocenters. The zero-order valence-electron chi connectivity index (χ0n) is 10.5. The van der Waals surface area contributed by atoms with Crippen molar-refractivity contribution in [3.8, 4) is 6.07 Å². The third-order valence-electron chi connectivity index (χ3n) is 2.67. The van der Waals surface area contributed by atoms with E-state index >= 15 is 0 Å². The van der Waals surface area contributed by atoms with Crippen LogP contribution in [0, 0.1) is 21.4 Å². The number of anilines is 1. The molecule has 7 heteroatoms. The van der Waals surface area contributed by atoms with Crippen molar-refractivity contribution < 1.29 is 9.72 Å². The van der Waals surface area contributed by atoms with Gasteiger partial charge in [-0.2, -0.15) is 5.26 Å². The number of amides is 1. The van der Waals surface area contributed by atoms with Crippen molar-refractivity contribution >= 4 is 28.9 Å². The fraction of sp³-hybridized carbons (Fsp3) is 0. The smallest absolute Gasteiger partial charge is 0.282 e. The summed E-state index contributed by atoms with van der Waals surface area (Å²) in [6, 6.07) is 11.8. The van der Waals surface area contributed by atoms with Crippen LogP contribution in [0.4, 0.5) is 11.4 Å². The highest BCUT2D eigenvalue weighted by molar-refractivity contribution is 6.31. The van der Waals surface area contributed by atoms with Gasteiger partial charge in [-0.15, -0.1) is 0 Å². The van der Waals surface area contributed by atoms with Crippen molar-refractivity contribution in [1.29, 1.82) is 5.26 Å². The van der Waals surface area contributed by atoms with Crippen molar-refractivity contribution in [2.45, 2.75) is 0 Å². The molecule has 1 amide bonds. The van der Waals surface area contributed by atoms with Crippen molar-refractivity contribution in [3.63, 3.8) is 0 Å². The fourth-order valence-electron chi connectivity index (χ4n) is 1.68. The number of nitriles is 1. The van der Waals surface area contributed by atoms with E-state index in [1.807, 2.05) is 6.07 Å².